The van der Waals surface area contributed by atoms with E-state index in [9.17, 15) is 0 Å². The van der Waals surface area contributed by atoms with Gasteiger partial charge in [-0.3, -0.25) is 0 Å². The molecular weight excluding hydrogens is 214 g/mol. The monoisotopic (exact) mass is 229 g/mol. The van der Waals surface area contributed by atoms with Crippen molar-refractivity contribution < 1.29 is 5.11 Å². The van der Waals surface area contributed by atoms with Crippen molar-refractivity contribution in [3.8, 4) is 0 Å². The predicted octanol–water partition coefficient (Wildman–Crippen LogP) is 1.43. The maximum absolute atomic E-state index is 9.04. The zero-order valence-corrected chi connectivity index (χ0v) is 9.53. The van der Waals surface area contributed by atoms with Crippen molar-refractivity contribution in [1.82, 2.24) is 15.3 Å². The van der Waals surface area contributed by atoms with Crippen LogP contribution >= 0.6 is 0 Å². The molecule has 1 aromatic carbocycles. The predicted molar refractivity (Wildman–Crippen MR) is 67.5 cm³/mol. The lowest BCUT2D eigenvalue weighted by Gasteiger charge is -2.13. The second kappa shape index (κ2) is 4.31. The number of H-pyrrole nitrogens is 1. The summed E-state index contributed by atoms with van der Waals surface area (Å²) in [6.45, 7) is 1.93. The molecule has 2 aromatic rings. The van der Waals surface area contributed by atoms with Crippen LogP contribution in [-0.2, 0) is 6.61 Å². The van der Waals surface area contributed by atoms with E-state index >= 15 is 0 Å². The van der Waals surface area contributed by atoms with Crippen molar-refractivity contribution in [3.63, 3.8) is 0 Å². The first kappa shape index (κ1) is 10.5. The second-order valence-corrected chi connectivity index (χ2v) is 4.26. The largest absolute Gasteiger partial charge is 0.388 e. The molecule has 0 aliphatic carbocycles. The van der Waals surface area contributed by atoms with E-state index < -0.39 is 0 Å². The lowest BCUT2D eigenvalue weighted by atomic mass is 10.00. The average Bonchev–Trinajstić information content (AvgIpc) is 2.81. The standard InChI is InChI=1S/C13H15N3O/c17-8-13-15-11-2-1-10(7-12(11)16-13)9-3-5-14-6-4-9/h1-3,7,14,17H,4-6,8H2,(H,15,16). The van der Waals surface area contributed by atoms with Gasteiger partial charge in [-0.15, -0.1) is 0 Å². The van der Waals surface area contributed by atoms with Crippen molar-refractivity contribution in [2.75, 3.05) is 13.1 Å². The third-order valence-electron chi connectivity index (χ3n) is 3.12. The molecule has 0 unspecified atom stereocenters. The van der Waals surface area contributed by atoms with Gasteiger partial charge in [-0.1, -0.05) is 12.1 Å². The first-order valence-electron chi connectivity index (χ1n) is 5.86. The minimum atomic E-state index is -0.0450. The molecule has 1 aliphatic heterocycles. The number of nitrogens with one attached hydrogen (secondary N) is 2. The van der Waals surface area contributed by atoms with Crippen LogP contribution < -0.4 is 5.32 Å². The zero-order chi connectivity index (χ0) is 11.7. The minimum absolute atomic E-state index is 0.0450. The van der Waals surface area contributed by atoms with Gasteiger partial charge < -0.3 is 15.4 Å². The van der Waals surface area contributed by atoms with Gasteiger partial charge in [0.25, 0.3) is 0 Å². The minimum Gasteiger partial charge on any atom is -0.388 e. The van der Waals surface area contributed by atoms with Crippen LogP contribution in [0.4, 0.5) is 0 Å². The summed E-state index contributed by atoms with van der Waals surface area (Å²) in [4.78, 5) is 7.40. The van der Waals surface area contributed by atoms with E-state index in [1.54, 1.807) is 0 Å². The number of benzene rings is 1. The summed E-state index contributed by atoms with van der Waals surface area (Å²) >= 11 is 0. The van der Waals surface area contributed by atoms with Gasteiger partial charge in [-0.05, 0) is 36.2 Å². The van der Waals surface area contributed by atoms with Crippen LogP contribution in [0.25, 0.3) is 16.6 Å². The van der Waals surface area contributed by atoms with Crippen LogP contribution in [0.5, 0.6) is 0 Å². The highest BCUT2D eigenvalue weighted by Crippen LogP contribution is 2.23. The maximum Gasteiger partial charge on any atom is 0.133 e. The Bertz CT molecular complexity index is 571. The van der Waals surface area contributed by atoms with Crippen molar-refractivity contribution in [2.24, 2.45) is 0 Å². The van der Waals surface area contributed by atoms with Crippen LogP contribution in [0.3, 0.4) is 0 Å². The molecule has 88 valence electrons. The number of aromatic amines is 1. The SMILES string of the molecule is OCc1nc2ccc(C3=CCNCC3)cc2[nH]1. The number of hydrogen-bond donors (Lipinski definition) is 3. The highest BCUT2D eigenvalue weighted by Gasteiger charge is 2.08. The Morgan fingerprint density at radius 1 is 1.35 bits per heavy atom. The normalized spacial score (nSPS) is 16.2. The third kappa shape index (κ3) is 1.97. The zero-order valence-electron chi connectivity index (χ0n) is 9.53. The highest BCUT2D eigenvalue weighted by atomic mass is 16.3. The molecule has 0 fully saturated rings. The number of nitrogens with zero attached hydrogens (tertiary/aromatic N) is 1. The van der Waals surface area contributed by atoms with Gasteiger partial charge in [0, 0.05) is 6.54 Å². The van der Waals surface area contributed by atoms with Crippen LogP contribution in [0.1, 0.15) is 17.8 Å². The Balaban J connectivity index is 2.03. The molecule has 0 radical (unpaired) electrons. The van der Waals surface area contributed by atoms with E-state index in [2.05, 4.69) is 33.5 Å². The lowest BCUT2D eigenvalue weighted by Crippen LogP contribution is -2.19. The van der Waals surface area contributed by atoms with E-state index in [-0.39, 0.29) is 6.61 Å². The quantitative estimate of drug-likeness (QED) is 0.730. The Morgan fingerprint density at radius 2 is 2.29 bits per heavy atom. The Kier molecular flexibility index (Phi) is 2.66. The highest BCUT2D eigenvalue weighted by molar-refractivity contribution is 5.81. The summed E-state index contributed by atoms with van der Waals surface area (Å²) in [5.74, 6) is 0.622. The molecule has 1 aromatic heterocycles. The number of imidazole rings is 1. The number of aliphatic hydroxyl groups excluding tert-OH is 1. The van der Waals surface area contributed by atoms with Crippen molar-refractivity contribution in [1.29, 1.82) is 0 Å². The van der Waals surface area contributed by atoms with E-state index in [0.29, 0.717) is 5.82 Å². The number of aliphatic hydroxyl groups is 1. The molecule has 3 N–H and O–H groups in total. The number of rotatable bonds is 2. The van der Waals surface area contributed by atoms with Gasteiger partial charge in [0.1, 0.15) is 12.4 Å². The fourth-order valence-electron chi connectivity index (χ4n) is 2.22. The van der Waals surface area contributed by atoms with E-state index in [1.807, 2.05) is 6.07 Å². The van der Waals surface area contributed by atoms with Crippen LogP contribution in [0, 0.1) is 0 Å². The summed E-state index contributed by atoms with van der Waals surface area (Å²) in [5, 5.41) is 12.3. The van der Waals surface area contributed by atoms with E-state index in [1.165, 1.54) is 11.1 Å². The summed E-state index contributed by atoms with van der Waals surface area (Å²) in [6.07, 6.45) is 3.29. The average molecular weight is 229 g/mol. The number of hydrogen-bond acceptors (Lipinski definition) is 3. The van der Waals surface area contributed by atoms with E-state index in [0.717, 1.165) is 30.5 Å². The van der Waals surface area contributed by atoms with Crippen LogP contribution in [-0.4, -0.2) is 28.2 Å². The second-order valence-electron chi connectivity index (χ2n) is 4.26. The molecule has 0 saturated carbocycles. The summed E-state index contributed by atoms with van der Waals surface area (Å²) < 4.78 is 0. The maximum atomic E-state index is 9.04. The Morgan fingerprint density at radius 3 is 3.06 bits per heavy atom. The molecule has 1 aliphatic rings. The fraction of sp³-hybridized carbons (Fsp3) is 0.308. The molecule has 0 atom stereocenters. The molecule has 3 rings (SSSR count). The van der Waals surface area contributed by atoms with Crippen LogP contribution in [0.15, 0.2) is 24.3 Å². The molecule has 0 bridgehead atoms. The van der Waals surface area contributed by atoms with Gasteiger partial charge in [-0.2, -0.15) is 0 Å². The molecule has 0 saturated heterocycles. The van der Waals surface area contributed by atoms with Gasteiger partial charge >= 0.3 is 0 Å². The fourth-order valence-corrected chi connectivity index (χ4v) is 2.22. The molecule has 0 spiro atoms. The molecule has 2 heterocycles. The van der Waals surface area contributed by atoms with E-state index in [4.69, 9.17) is 5.11 Å². The van der Waals surface area contributed by atoms with Gasteiger partial charge in [-0.25, -0.2) is 4.98 Å². The number of fused-ring (bicyclic) bond motifs is 1. The van der Waals surface area contributed by atoms with Crippen molar-refractivity contribution >= 4 is 16.6 Å². The number of aromatic nitrogens is 2. The van der Waals surface area contributed by atoms with Gasteiger partial charge in [0.05, 0.1) is 11.0 Å². The smallest absolute Gasteiger partial charge is 0.133 e. The summed E-state index contributed by atoms with van der Waals surface area (Å²) in [5.41, 5.74) is 4.52. The molecule has 0 amide bonds. The topological polar surface area (TPSA) is 60.9 Å². The Hall–Kier alpha value is -1.65. The molecular formula is C13H15N3O. The lowest BCUT2D eigenvalue weighted by molar-refractivity contribution is 0.273. The summed E-state index contributed by atoms with van der Waals surface area (Å²) in [7, 11) is 0. The van der Waals surface area contributed by atoms with Crippen LogP contribution in [0.2, 0.25) is 0 Å². The van der Waals surface area contributed by atoms with Crippen molar-refractivity contribution in [3.05, 3.63) is 35.7 Å². The van der Waals surface area contributed by atoms with Gasteiger partial charge in [0.2, 0.25) is 0 Å². The third-order valence-corrected chi connectivity index (χ3v) is 3.12. The molecule has 17 heavy (non-hydrogen) atoms. The Labute approximate surface area is 99.4 Å². The van der Waals surface area contributed by atoms with Gasteiger partial charge in [0.15, 0.2) is 0 Å². The van der Waals surface area contributed by atoms with Crippen molar-refractivity contribution in [2.45, 2.75) is 13.0 Å². The molecule has 4 nitrogen and oxygen atoms in total. The molecule has 4 heteroatoms. The first-order valence-corrected chi connectivity index (χ1v) is 5.86. The summed E-state index contributed by atoms with van der Waals surface area (Å²) in [6, 6.07) is 6.21. The first-order chi connectivity index (χ1) is 8.36.